The molecule has 2 heterocycles. The minimum absolute atomic E-state index is 0.154. The van der Waals surface area contributed by atoms with Crippen molar-refractivity contribution >= 4 is 17.5 Å². The van der Waals surface area contributed by atoms with E-state index in [-0.39, 0.29) is 12.6 Å². The Balaban J connectivity index is 1.48. The fourth-order valence-electron chi connectivity index (χ4n) is 2.54. The van der Waals surface area contributed by atoms with Gasteiger partial charge in [-0.25, -0.2) is 4.68 Å². The van der Waals surface area contributed by atoms with E-state index in [9.17, 15) is 4.79 Å². The second kappa shape index (κ2) is 8.84. The molecule has 1 fully saturated rings. The molecule has 1 aromatic heterocycles. The van der Waals surface area contributed by atoms with Crippen molar-refractivity contribution in [3.8, 4) is 5.75 Å². The average Bonchev–Trinajstić information content (AvgIpc) is 3.11. The first-order valence-electron chi connectivity index (χ1n) is 8.21. The molecule has 0 unspecified atom stereocenters. The standard InChI is InChI=1S/C17H21ClN4O3/c18-14-1-3-15(4-2-14)25-13-22-16(5-6-20-22)17(23)19-7-8-21-9-11-24-12-10-21/h1-6H,7-13H2,(H,19,23). The molecule has 0 spiro atoms. The number of halogens is 1. The van der Waals surface area contributed by atoms with Gasteiger partial charge in [0.05, 0.1) is 13.2 Å². The lowest BCUT2D eigenvalue weighted by Crippen LogP contribution is -2.41. The summed E-state index contributed by atoms with van der Waals surface area (Å²) in [5.74, 6) is 0.504. The van der Waals surface area contributed by atoms with Crippen LogP contribution in [-0.4, -0.2) is 60.0 Å². The lowest BCUT2D eigenvalue weighted by atomic mass is 10.3. The number of amides is 1. The first-order chi connectivity index (χ1) is 12.2. The van der Waals surface area contributed by atoms with Gasteiger partial charge in [0.15, 0.2) is 6.73 Å². The SMILES string of the molecule is O=C(NCCN1CCOCC1)c1ccnn1COc1ccc(Cl)cc1. The van der Waals surface area contributed by atoms with E-state index in [0.717, 1.165) is 32.8 Å². The monoisotopic (exact) mass is 364 g/mol. The van der Waals surface area contributed by atoms with Gasteiger partial charge in [0.1, 0.15) is 11.4 Å². The summed E-state index contributed by atoms with van der Waals surface area (Å²) >= 11 is 5.85. The van der Waals surface area contributed by atoms with Gasteiger partial charge in [-0.15, -0.1) is 0 Å². The second-order valence-corrected chi connectivity index (χ2v) is 6.09. The molecule has 0 bridgehead atoms. The van der Waals surface area contributed by atoms with Crippen molar-refractivity contribution in [2.24, 2.45) is 0 Å². The number of nitrogens with zero attached hydrogens (tertiary/aromatic N) is 3. The van der Waals surface area contributed by atoms with Crippen molar-refractivity contribution in [3.05, 3.63) is 47.2 Å². The highest BCUT2D eigenvalue weighted by Crippen LogP contribution is 2.16. The van der Waals surface area contributed by atoms with Gasteiger partial charge in [-0.1, -0.05) is 11.6 Å². The van der Waals surface area contributed by atoms with Crippen LogP contribution in [0.1, 0.15) is 10.5 Å². The number of carbonyl (C=O) groups is 1. The molecular formula is C17H21ClN4O3. The molecule has 0 saturated carbocycles. The minimum Gasteiger partial charge on any atom is -0.471 e. The number of aromatic nitrogens is 2. The zero-order valence-electron chi connectivity index (χ0n) is 13.9. The summed E-state index contributed by atoms with van der Waals surface area (Å²) in [6.07, 6.45) is 1.59. The molecule has 1 aliphatic heterocycles. The average molecular weight is 365 g/mol. The van der Waals surface area contributed by atoms with Crippen molar-refractivity contribution < 1.29 is 14.3 Å². The van der Waals surface area contributed by atoms with Crippen LogP contribution in [0.4, 0.5) is 0 Å². The normalized spacial score (nSPS) is 15.1. The van der Waals surface area contributed by atoms with Crippen molar-refractivity contribution in [2.75, 3.05) is 39.4 Å². The number of hydrogen-bond donors (Lipinski definition) is 1. The van der Waals surface area contributed by atoms with Gasteiger partial charge in [0, 0.05) is 37.4 Å². The molecule has 1 amide bonds. The van der Waals surface area contributed by atoms with Crippen molar-refractivity contribution in [1.29, 1.82) is 0 Å². The Labute approximate surface area is 151 Å². The topological polar surface area (TPSA) is 68.6 Å². The van der Waals surface area contributed by atoms with E-state index in [1.54, 1.807) is 36.5 Å². The first kappa shape index (κ1) is 17.7. The van der Waals surface area contributed by atoms with Crippen LogP contribution < -0.4 is 10.1 Å². The van der Waals surface area contributed by atoms with E-state index in [1.165, 1.54) is 4.68 Å². The molecule has 1 aliphatic rings. The number of hydrogen-bond acceptors (Lipinski definition) is 5. The molecule has 8 heteroatoms. The maximum absolute atomic E-state index is 12.3. The Morgan fingerprint density at radius 3 is 2.76 bits per heavy atom. The molecule has 2 aromatic rings. The predicted octanol–water partition coefficient (Wildman–Crippen LogP) is 1.64. The molecule has 134 valence electrons. The molecular weight excluding hydrogens is 344 g/mol. The predicted molar refractivity (Wildman–Crippen MR) is 93.9 cm³/mol. The highest BCUT2D eigenvalue weighted by molar-refractivity contribution is 6.30. The Bertz CT molecular complexity index is 683. The van der Waals surface area contributed by atoms with Crippen molar-refractivity contribution in [2.45, 2.75) is 6.73 Å². The molecule has 3 rings (SSSR count). The summed E-state index contributed by atoms with van der Waals surface area (Å²) in [7, 11) is 0. The summed E-state index contributed by atoms with van der Waals surface area (Å²) < 4.78 is 12.5. The Morgan fingerprint density at radius 1 is 1.24 bits per heavy atom. The Kier molecular flexibility index (Phi) is 6.27. The van der Waals surface area contributed by atoms with Crippen LogP contribution in [-0.2, 0) is 11.5 Å². The van der Waals surface area contributed by atoms with Gasteiger partial charge in [-0.2, -0.15) is 5.10 Å². The van der Waals surface area contributed by atoms with Crippen LogP contribution in [0.5, 0.6) is 5.75 Å². The highest BCUT2D eigenvalue weighted by Gasteiger charge is 2.14. The Hall–Kier alpha value is -2.09. The number of ether oxygens (including phenoxy) is 2. The summed E-state index contributed by atoms with van der Waals surface area (Å²) in [6, 6.07) is 8.72. The summed E-state index contributed by atoms with van der Waals surface area (Å²) in [5, 5.41) is 7.71. The molecule has 0 aliphatic carbocycles. The lowest BCUT2D eigenvalue weighted by Gasteiger charge is -2.26. The number of rotatable bonds is 7. The zero-order chi connectivity index (χ0) is 17.5. The van der Waals surface area contributed by atoms with E-state index in [4.69, 9.17) is 21.1 Å². The summed E-state index contributed by atoms with van der Waals surface area (Å²) in [6.45, 7) is 4.87. The van der Waals surface area contributed by atoms with Gasteiger partial charge in [-0.3, -0.25) is 9.69 Å². The summed E-state index contributed by atoms with van der Waals surface area (Å²) in [5.41, 5.74) is 0.468. The fourth-order valence-corrected chi connectivity index (χ4v) is 2.66. The Morgan fingerprint density at radius 2 is 2.00 bits per heavy atom. The third-order valence-corrected chi connectivity index (χ3v) is 4.19. The van der Waals surface area contributed by atoms with Gasteiger partial charge >= 0.3 is 0 Å². The van der Waals surface area contributed by atoms with Crippen LogP contribution in [0.2, 0.25) is 5.02 Å². The quantitative estimate of drug-likeness (QED) is 0.808. The molecule has 1 aromatic carbocycles. The van der Waals surface area contributed by atoms with E-state index in [1.807, 2.05) is 0 Å². The largest absolute Gasteiger partial charge is 0.471 e. The lowest BCUT2D eigenvalue weighted by molar-refractivity contribution is 0.0383. The number of carbonyl (C=O) groups excluding carboxylic acids is 1. The van der Waals surface area contributed by atoms with Crippen LogP contribution in [0, 0.1) is 0 Å². The maximum Gasteiger partial charge on any atom is 0.269 e. The molecule has 0 radical (unpaired) electrons. The minimum atomic E-state index is -0.162. The van der Waals surface area contributed by atoms with E-state index in [0.29, 0.717) is 23.0 Å². The van der Waals surface area contributed by atoms with Crippen LogP contribution in [0.3, 0.4) is 0 Å². The smallest absolute Gasteiger partial charge is 0.269 e. The van der Waals surface area contributed by atoms with Crippen molar-refractivity contribution in [1.82, 2.24) is 20.0 Å². The first-order valence-corrected chi connectivity index (χ1v) is 8.58. The molecule has 1 N–H and O–H groups in total. The van der Waals surface area contributed by atoms with Gasteiger partial charge in [-0.05, 0) is 30.3 Å². The third-order valence-electron chi connectivity index (χ3n) is 3.93. The number of morpholine rings is 1. The van der Waals surface area contributed by atoms with E-state index >= 15 is 0 Å². The second-order valence-electron chi connectivity index (χ2n) is 5.65. The van der Waals surface area contributed by atoms with Crippen LogP contribution in [0.25, 0.3) is 0 Å². The number of benzene rings is 1. The van der Waals surface area contributed by atoms with Gasteiger partial charge < -0.3 is 14.8 Å². The third kappa shape index (κ3) is 5.19. The fraction of sp³-hybridized carbons (Fsp3) is 0.412. The molecule has 0 atom stereocenters. The highest BCUT2D eigenvalue weighted by atomic mass is 35.5. The van der Waals surface area contributed by atoms with Gasteiger partial charge in [0.25, 0.3) is 5.91 Å². The molecule has 1 saturated heterocycles. The van der Waals surface area contributed by atoms with Gasteiger partial charge in [0.2, 0.25) is 0 Å². The summed E-state index contributed by atoms with van der Waals surface area (Å²) in [4.78, 5) is 14.6. The maximum atomic E-state index is 12.3. The molecule has 25 heavy (non-hydrogen) atoms. The van der Waals surface area contributed by atoms with Crippen LogP contribution >= 0.6 is 11.6 Å². The molecule has 7 nitrogen and oxygen atoms in total. The zero-order valence-corrected chi connectivity index (χ0v) is 14.6. The number of nitrogens with one attached hydrogen (secondary N) is 1. The van der Waals surface area contributed by atoms with Crippen LogP contribution in [0.15, 0.2) is 36.5 Å². The van der Waals surface area contributed by atoms with Crippen molar-refractivity contribution in [3.63, 3.8) is 0 Å². The van der Waals surface area contributed by atoms with E-state index in [2.05, 4.69) is 15.3 Å². The van der Waals surface area contributed by atoms with E-state index < -0.39 is 0 Å².